The zero-order chi connectivity index (χ0) is 7.11. The summed E-state index contributed by atoms with van der Waals surface area (Å²) in [6.07, 6.45) is 0.444. The largest absolute Gasteiger partial charge is 0.300 e. The summed E-state index contributed by atoms with van der Waals surface area (Å²) in [6, 6.07) is 2.30. The van der Waals surface area contributed by atoms with Gasteiger partial charge in [0.2, 0.25) is 0 Å². The highest BCUT2D eigenvalue weighted by Crippen LogP contribution is 1.79. The standard InChI is InChI=1S/C6H12N2O/c1-6(2)8-9-5-3-4-7/h6,8H,3,5H2,1-2H3. The molecule has 0 aliphatic rings. The Kier molecular flexibility index (Phi) is 5.18. The minimum atomic E-state index is 0.323. The zero-order valence-electron chi connectivity index (χ0n) is 5.85. The van der Waals surface area contributed by atoms with E-state index in [0.29, 0.717) is 19.1 Å². The van der Waals surface area contributed by atoms with Crippen LogP contribution in [0, 0.1) is 11.3 Å². The second-order valence-electron chi connectivity index (χ2n) is 2.03. The van der Waals surface area contributed by atoms with E-state index in [0.717, 1.165) is 0 Å². The lowest BCUT2D eigenvalue weighted by Crippen LogP contribution is -2.23. The number of hydrogen-bond donors (Lipinski definition) is 1. The Bertz CT molecular complexity index is 95.7. The van der Waals surface area contributed by atoms with Crippen molar-refractivity contribution in [1.29, 1.82) is 5.26 Å². The lowest BCUT2D eigenvalue weighted by atomic mass is 10.4. The molecule has 0 aromatic carbocycles. The summed E-state index contributed by atoms with van der Waals surface area (Å²) in [5, 5.41) is 8.07. The molecule has 0 bridgehead atoms. The Balaban J connectivity index is 2.85. The van der Waals surface area contributed by atoms with Gasteiger partial charge in [0.1, 0.15) is 0 Å². The first-order valence-electron chi connectivity index (χ1n) is 3.01. The van der Waals surface area contributed by atoms with E-state index < -0.39 is 0 Å². The van der Waals surface area contributed by atoms with Gasteiger partial charge in [-0.1, -0.05) is 0 Å². The Morgan fingerprint density at radius 2 is 2.33 bits per heavy atom. The summed E-state index contributed by atoms with van der Waals surface area (Å²) in [7, 11) is 0. The SMILES string of the molecule is CC(C)NOCCC#N. The molecule has 3 nitrogen and oxygen atoms in total. The van der Waals surface area contributed by atoms with E-state index in [1.54, 1.807) is 0 Å². The van der Waals surface area contributed by atoms with Crippen LogP contribution in [0.4, 0.5) is 0 Å². The minimum absolute atomic E-state index is 0.323. The summed E-state index contributed by atoms with van der Waals surface area (Å²) in [4.78, 5) is 4.86. The molecule has 52 valence electrons. The van der Waals surface area contributed by atoms with Gasteiger partial charge in [-0.25, -0.2) is 5.48 Å². The highest BCUT2D eigenvalue weighted by Gasteiger charge is 1.89. The van der Waals surface area contributed by atoms with Gasteiger partial charge in [-0.3, -0.25) is 0 Å². The second-order valence-corrected chi connectivity index (χ2v) is 2.03. The Labute approximate surface area is 55.6 Å². The van der Waals surface area contributed by atoms with Gasteiger partial charge in [-0.05, 0) is 13.8 Å². The van der Waals surface area contributed by atoms with Gasteiger partial charge in [-0.2, -0.15) is 5.26 Å². The normalized spacial score (nSPS) is 9.56. The zero-order valence-corrected chi connectivity index (χ0v) is 5.85. The molecule has 0 aliphatic heterocycles. The van der Waals surface area contributed by atoms with Crippen LogP contribution >= 0.6 is 0 Å². The number of rotatable bonds is 4. The third-order valence-corrected chi connectivity index (χ3v) is 0.635. The van der Waals surface area contributed by atoms with E-state index >= 15 is 0 Å². The van der Waals surface area contributed by atoms with Gasteiger partial charge in [0, 0.05) is 6.04 Å². The second kappa shape index (κ2) is 5.54. The van der Waals surface area contributed by atoms with Crippen LogP contribution in [0.15, 0.2) is 0 Å². The fourth-order valence-corrected chi connectivity index (χ4v) is 0.322. The molecule has 0 aromatic heterocycles. The van der Waals surface area contributed by atoms with Crippen molar-refractivity contribution in [1.82, 2.24) is 5.48 Å². The summed E-state index contributed by atoms with van der Waals surface area (Å²) in [5.74, 6) is 0. The van der Waals surface area contributed by atoms with Gasteiger partial charge >= 0.3 is 0 Å². The van der Waals surface area contributed by atoms with Crippen LogP contribution in [0.2, 0.25) is 0 Å². The number of hydrogen-bond acceptors (Lipinski definition) is 3. The molecule has 0 unspecified atom stereocenters. The van der Waals surface area contributed by atoms with Crippen molar-refractivity contribution < 1.29 is 4.84 Å². The van der Waals surface area contributed by atoms with Crippen LogP contribution < -0.4 is 5.48 Å². The Morgan fingerprint density at radius 3 is 2.78 bits per heavy atom. The fraction of sp³-hybridized carbons (Fsp3) is 0.833. The third-order valence-electron chi connectivity index (χ3n) is 0.635. The third kappa shape index (κ3) is 7.41. The van der Waals surface area contributed by atoms with Crippen molar-refractivity contribution in [2.45, 2.75) is 26.3 Å². The number of hydroxylamine groups is 1. The molecule has 0 spiro atoms. The molecule has 0 aromatic rings. The average Bonchev–Trinajstić information content (AvgIpc) is 1.80. The predicted octanol–water partition coefficient (Wildman–Crippen LogP) is 0.830. The van der Waals surface area contributed by atoms with Gasteiger partial charge in [0.05, 0.1) is 19.1 Å². The number of nitrogens with zero attached hydrogens (tertiary/aromatic N) is 1. The number of nitriles is 1. The van der Waals surface area contributed by atoms with E-state index in [2.05, 4.69) is 5.48 Å². The van der Waals surface area contributed by atoms with Crippen molar-refractivity contribution in [3.05, 3.63) is 0 Å². The smallest absolute Gasteiger partial charge is 0.0812 e. The van der Waals surface area contributed by atoms with E-state index in [4.69, 9.17) is 10.1 Å². The first-order valence-corrected chi connectivity index (χ1v) is 3.01. The van der Waals surface area contributed by atoms with E-state index in [-0.39, 0.29) is 0 Å². The van der Waals surface area contributed by atoms with Crippen LogP contribution in [-0.2, 0) is 4.84 Å². The summed E-state index contributed by atoms with van der Waals surface area (Å²) >= 11 is 0. The monoisotopic (exact) mass is 128 g/mol. The minimum Gasteiger partial charge on any atom is -0.300 e. The molecule has 3 heteroatoms. The van der Waals surface area contributed by atoms with E-state index in [9.17, 15) is 0 Å². The molecule has 0 atom stereocenters. The lowest BCUT2D eigenvalue weighted by molar-refractivity contribution is 0.0277. The maximum Gasteiger partial charge on any atom is 0.0812 e. The van der Waals surface area contributed by atoms with Crippen molar-refractivity contribution in [2.24, 2.45) is 0 Å². The summed E-state index contributed by atoms with van der Waals surface area (Å²) in [6.45, 7) is 4.42. The van der Waals surface area contributed by atoms with Crippen molar-refractivity contribution in [3.63, 3.8) is 0 Å². The molecule has 0 saturated heterocycles. The topological polar surface area (TPSA) is 45.0 Å². The van der Waals surface area contributed by atoms with Crippen molar-refractivity contribution >= 4 is 0 Å². The van der Waals surface area contributed by atoms with E-state index in [1.165, 1.54) is 0 Å². The molecule has 0 rings (SSSR count). The predicted molar refractivity (Wildman–Crippen MR) is 34.5 cm³/mol. The molecule has 0 aliphatic carbocycles. The maximum absolute atomic E-state index is 8.07. The van der Waals surface area contributed by atoms with Crippen LogP contribution in [0.25, 0.3) is 0 Å². The van der Waals surface area contributed by atoms with Gasteiger partial charge in [0.15, 0.2) is 0 Å². The van der Waals surface area contributed by atoms with Gasteiger partial charge in [-0.15, -0.1) is 0 Å². The Hall–Kier alpha value is -0.590. The summed E-state index contributed by atoms with van der Waals surface area (Å²) < 4.78 is 0. The average molecular weight is 128 g/mol. The highest BCUT2D eigenvalue weighted by molar-refractivity contribution is 4.66. The summed E-state index contributed by atoms with van der Waals surface area (Å²) in [5.41, 5.74) is 2.73. The molecular formula is C6H12N2O. The molecule has 0 heterocycles. The maximum atomic E-state index is 8.07. The van der Waals surface area contributed by atoms with Crippen molar-refractivity contribution in [3.8, 4) is 6.07 Å². The van der Waals surface area contributed by atoms with Gasteiger partial charge < -0.3 is 4.84 Å². The molecule has 0 radical (unpaired) electrons. The van der Waals surface area contributed by atoms with Gasteiger partial charge in [0.25, 0.3) is 0 Å². The highest BCUT2D eigenvalue weighted by atomic mass is 16.6. The van der Waals surface area contributed by atoms with Crippen LogP contribution in [-0.4, -0.2) is 12.6 Å². The number of nitrogens with one attached hydrogen (secondary N) is 1. The molecular weight excluding hydrogens is 116 g/mol. The van der Waals surface area contributed by atoms with Crippen molar-refractivity contribution in [2.75, 3.05) is 6.61 Å². The van der Waals surface area contributed by atoms with E-state index in [1.807, 2.05) is 19.9 Å². The fourth-order valence-electron chi connectivity index (χ4n) is 0.322. The Morgan fingerprint density at radius 1 is 1.67 bits per heavy atom. The molecule has 0 amide bonds. The lowest BCUT2D eigenvalue weighted by Gasteiger charge is -2.05. The first-order chi connectivity index (χ1) is 4.27. The van der Waals surface area contributed by atoms with Crippen LogP contribution in [0.1, 0.15) is 20.3 Å². The molecule has 9 heavy (non-hydrogen) atoms. The molecule has 1 N–H and O–H groups in total. The quantitative estimate of drug-likeness (QED) is 0.450. The molecule has 0 fully saturated rings. The van der Waals surface area contributed by atoms with Crippen LogP contribution in [0.3, 0.4) is 0 Å². The molecule has 0 saturated carbocycles. The first kappa shape index (κ1) is 8.41. The van der Waals surface area contributed by atoms with Crippen LogP contribution in [0.5, 0.6) is 0 Å².